The molecule has 7 nitrogen and oxygen atoms in total. The smallest absolute Gasteiger partial charge is 0.137 e. The number of anilines is 2. The number of halogens is 1. The standard InChI is InChI=1S/C23H27FN6O/c24-21-11-22-20(10-19(21)15-9-16(25)13-26-12-15)23(28-14-27-22)29-17-1-3-18(4-2-17)30-5-7-31-8-6-30/h9-14,17-18H,1-8,25H2,(H,27,28,29). The van der Waals surface area contributed by atoms with E-state index >= 15 is 0 Å². The molecule has 31 heavy (non-hydrogen) atoms. The van der Waals surface area contributed by atoms with E-state index in [-0.39, 0.29) is 5.82 Å². The third-order valence-corrected chi connectivity index (χ3v) is 6.39. The quantitative estimate of drug-likeness (QED) is 0.665. The van der Waals surface area contributed by atoms with Crippen molar-refractivity contribution in [1.82, 2.24) is 19.9 Å². The Kier molecular flexibility index (Phi) is 5.65. The fourth-order valence-electron chi connectivity index (χ4n) is 4.74. The van der Waals surface area contributed by atoms with Crippen LogP contribution in [0.3, 0.4) is 0 Å². The largest absolute Gasteiger partial charge is 0.397 e. The Bertz CT molecular complexity index is 1060. The first-order chi connectivity index (χ1) is 15.2. The summed E-state index contributed by atoms with van der Waals surface area (Å²) in [5.41, 5.74) is 8.01. The predicted octanol–water partition coefficient (Wildman–Crippen LogP) is 3.47. The summed E-state index contributed by atoms with van der Waals surface area (Å²) in [7, 11) is 0. The molecule has 0 atom stereocenters. The molecule has 5 rings (SSSR count). The summed E-state index contributed by atoms with van der Waals surface area (Å²) in [5, 5.41) is 4.40. The summed E-state index contributed by atoms with van der Waals surface area (Å²) in [6.07, 6.45) is 9.15. The minimum atomic E-state index is -0.351. The van der Waals surface area contributed by atoms with Gasteiger partial charge in [0.2, 0.25) is 0 Å². The number of ether oxygens (including phenoxy) is 1. The van der Waals surface area contributed by atoms with Crippen molar-refractivity contribution < 1.29 is 9.13 Å². The van der Waals surface area contributed by atoms with Crippen molar-refractivity contribution >= 4 is 22.4 Å². The first-order valence-corrected chi connectivity index (χ1v) is 10.9. The van der Waals surface area contributed by atoms with E-state index in [0.717, 1.165) is 63.2 Å². The van der Waals surface area contributed by atoms with Crippen molar-refractivity contribution in [3.05, 3.63) is 42.7 Å². The lowest BCUT2D eigenvalue weighted by Crippen LogP contribution is -2.46. The van der Waals surface area contributed by atoms with Crippen molar-refractivity contribution in [2.45, 2.75) is 37.8 Å². The Morgan fingerprint density at radius 2 is 1.84 bits per heavy atom. The van der Waals surface area contributed by atoms with Crippen LogP contribution in [-0.4, -0.2) is 58.2 Å². The van der Waals surface area contributed by atoms with Gasteiger partial charge in [0.05, 0.1) is 24.4 Å². The highest BCUT2D eigenvalue weighted by Crippen LogP contribution is 2.32. The zero-order valence-corrected chi connectivity index (χ0v) is 17.4. The molecule has 0 radical (unpaired) electrons. The zero-order chi connectivity index (χ0) is 21.2. The number of hydrogen-bond donors (Lipinski definition) is 2. The van der Waals surface area contributed by atoms with Gasteiger partial charge in [-0.25, -0.2) is 14.4 Å². The van der Waals surface area contributed by atoms with Crippen LogP contribution in [-0.2, 0) is 4.74 Å². The van der Waals surface area contributed by atoms with Crippen LogP contribution in [0.1, 0.15) is 25.7 Å². The molecule has 2 aliphatic rings. The van der Waals surface area contributed by atoms with Gasteiger partial charge in [0.25, 0.3) is 0 Å². The Morgan fingerprint density at radius 3 is 2.61 bits per heavy atom. The topological polar surface area (TPSA) is 89.2 Å². The van der Waals surface area contributed by atoms with E-state index in [0.29, 0.717) is 34.4 Å². The van der Waals surface area contributed by atoms with Crippen LogP contribution in [0.15, 0.2) is 36.9 Å². The van der Waals surface area contributed by atoms with E-state index in [9.17, 15) is 4.39 Å². The molecular weight excluding hydrogens is 395 g/mol. The molecule has 0 bridgehead atoms. The van der Waals surface area contributed by atoms with Gasteiger partial charge < -0.3 is 15.8 Å². The van der Waals surface area contributed by atoms with Crippen molar-refractivity contribution in [1.29, 1.82) is 0 Å². The third kappa shape index (κ3) is 4.31. The fraction of sp³-hybridized carbons (Fsp3) is 0.435. The highest BCUT2D eigenvalue weighted by atomic mass is 19.1. The van der Waals surface area contributed by atoms with E-state index in [2.05, 4.69) is 25.2 Å². The maximum absolute atomic E-state index is 14.8. The van der Waals surface area contributed by atoms with Crippen molar-refractivity contribution in [3.8, 4) is 11.1 Å². The highest BCUT2D eigenvalue weighted by Gasteiger charge is 2.27. The SMILES string of the molecule is Nc1cncc(-c2cc3c(NC4CCC(N5CCOCC5)CC4)ncnc3cc2F)c1. The second-order valence-electron chi connectivity index (χ2n) is 8.38. The van der Waals surface area contributed by atoms with Crippen LogP contribution in [0.25, 0.3) is 22.0 Å². The van der Waals surface area contributed by atoms with Crippen LogP contribution in [0.2, 0.25) is 0 Å². The van der Waals surface area contributed by atoms with E-state index in [1.807, 2.05) is 0 Å². The van der Waals surface area contributed by atoms with Gasteiger partial charge in [-0.05, 0) is 37.8 Å². The average Bonchev–Trinajstić information content (AvgIpc) is 2.80. The van der Waals surface area contributed by atoms with E-state index in [1.54, 1.807) is 24.5 Å². The maximum atomic E-state index is 14.8. The Morgan fingerprint density at radius 1 is 1.03 bits per heavy atom. The Hall–Kier alpha value is -2.84. The number of aromatic nitrogens is 3. The molecule has 1 aromatic carbocycles. The number of hydrogen-bond acceptors (Lipinski definition) is 7. The molecule has 0 unspecified atom stereocenters. The van der Waals surface area contributed by atoms with Gasteiger partial charge in [0.15, 0.2) is 0 Å². The predicted molar refractivity (Wildman–Crippen MR) is 119 cm³/mol. The minimum Gasteiger partial charge on any atom is -0.397 e. The van der Waals surface area contributed by atoms with Crippen molar-refractivity contribution in [2.75, 3.05) is 37.4 Å². The first-order valence-electron chi connectivity index (χ1n) is 10.9. The molecular formula is C23H27FN6O. The number of pyridine rings is 1. The number of rotatable bonds is 4. The number of nitrogen functional groups attached to an aromatic ring is 1. The van der Waals surface area contributed by atoms with Gasteiger partial charge in [-0.2, -0.15) is 0 Å². The van der Waals surface area contributed by atoms with Crippen LogP contribution < -0.4 is 11.1 Å². The van der Waals surface area contributed by atoms with Crippen molar-refractivity contribution in [2.24, 2.45) is 0 Å². The molecule has 1 aliphatic heterocycles. The summed E-state index contributed by atoms with van der Waals surface area (Å²) in [6, 6.07) is 5.96. The number of nitrogens with two attached hydrogens (primary N) is 1. The molecule has 3 heterocycles. The lowest BCUT2D eigenvalue weighted by atomic mass is 9.90. The van der Waals surface area contributed by atoms with Crippen LogP contribution in [0.4, 0.5) is 15.9 Å². The summed E-state index contributed by atoms with van der Waals surface area (Å²) in [5.74, 6) is 0.397. The monoisotopic (exact) mass is 422 g/mol. The van der Waals surface area contributed by atoms with Gasteiger partial charge in [0, 0.05) is 60.1 Å². The number of fused-ring (bicyclic) bond motifs is 1. The second kappa shape index (κ2) is 8.72. The maximum Gasteiger partial charge on any atom is 0.137 e. The molecule has 1 aliphatic carbocycles. The molecule has 1 saturated heterocycles. The third-order valence-electron chi connectivity index (χ3n) is 6.39. The van der Waals surface area contributed by atoms with Crippen LogP contribution >= 0.6 is 0 Å². The minimum absolute atomic E-state index is 0.345. The first kappa shape index (κ1) is 20.1. The summed E-state index contributed by atoms with van der Waals surface area (Å²) < 4.78 is 20.3. The van der Waals surface area contributed by atoms with E-state index in [4.69, 9.17) is 10.5 Å². The second-order valence-corrected chi connectivity index (χ2v) is 8.38. The molecule has 0 amide bonds. The molecule has 2 aromatic heterocycles. The summed E-state index contributed by atoms with van der Waals surface area (Å²) in [6.45, 7) is 3.75. The van der Waals surface area contributed by atoms with Gasteiger partial charge in [0.1, 0.15) is 18.0 Å². The molecule has 3 aromatic rings. The summed E-state index contributed by atoms with van der Waals surface area (Å²) >= 11 is 0. The summed E-state index contributed by atoms with van der Waals surface area (Å²) in [4.78, 5) is 15.4. The number of nitrogens with one attached hydrogen (secondary N) is 1. The molecule has 8 heteroatoms. The van der Waals surface area contributed by atoms with Crippen molar-refractivity contribution in [3.63, 3.8) is 0 Å². The van der Waals surface area contributed by atoms with E-state index < -0.39 is 0 Å². The fourth-order valence-corrected chi connectivity index (χ4v) is 4.74. The average molecular weight is 423 g/mol. The van der Waals surface area contributed by atoms with Crippen LogP contribution in [0, 0.1) is 5.82 Å². The molecule has 3 N–H and O–H groups in total. The number of morpholine rings is 1. The van der Waals surface area contributed by atoms with Crippen LogP contribution in [0.5, 0.6) is 0 Å². The normalized spacial score (nSPS) is 22.5. The molecule has 162 valence electrons. The molecule has 0 spiro atoms. The van der Waals surface area contributed by atoms with Gasteiger partial charge >= 0.3 is 0 Å². The lowest BCUT2D eigenvalue weighted by Gasteiger charge is -2.39. The van der Waals surface area contributed by atoms with E-state index in [1.165, 1.54) is 12.4 Å². The Labute approximate surface area is 180 Å². The molecule has 2 fully saturated rings. The number of nitrogens with zero attached hydrogens (tertiary/aromatic N) is 4. The zero-order valence-electron chi connectivity index (χ0n) is 17.4. The Balaban J connectivity index is 1.36. The lowest BCUT2D eigenvalue weighted by molar-refractivity contribution is 0.00791. The van der Waals surface area contributed by atoms with Gasteiger partial charge in [-0.1, -0.05) is 0 Å². The molecule has 1 saturated carbocycles. The van der Waals surface area contributed by atoms with Gasteiger partial charge in [-0.3, -0.25) is 9.88 Å². The number of benzene rings is 1. The van der Waals surface area contributed by atoms with Gasteiger partial charge in [-0.15, -0.1) is 0 Å². The highest BCUT2D eigenvalue weighted by molar-refractivity contribution is 5.93.